The van der Waals surface area contributed by atoms with Gasteiger partial charge in [-0.05, 0) is 43.1 Å². The number of rotatable bonds is 4. The molecule has 27 heavy (non-hydrogen) atoms. The minimum Gasteiger partial charge on any atom is -0.247 e. The van der Waals surface area contributed by atoms with Crippen molar-refractivity contribution < 1.29 is 0 Å². The van der Waals surface area contributed by atoms with Crippen molar-refractivity contribution in [2.24, 2.45) is 5.92 Å². The van der Waals surface area contributed by atoms with Crippen LogP contribution in [0.5, 0.6) is 0 Å². The second-order valence-electron chi connectivity index (χ2n) is 7.71. The van der Waals surface area contributed by atoms with Crippen molar-refractivity contribution in [1.82, 2.24) is 4.98 Å². The molecule has 3 aromatic carbocycles. The van der Waals surface area contributed by atoms with Gasteiger partial charge in [-0.25, -0.2) is 4.98 Å². The molecule has 1 fully saturated rings. The molecule has 1 aliphatic carbocycles. The number of aromatic nitrogens is 1. The van der Waals surface area contributed by atoms with Crippen molar-refractivity contribution >= 4 is 10.8 Å². The minimum atomic E-state index is 0.822. The van der Waals surface area contributed by atoms with E-state index in [0.29, 0.717) is 0 Å². The maximum Gasteiger partial charge on any atom is 0.0788 e. The van der Waals surface area contributed by atoms with Gasteiger partial charge >= 0.3 is 0 Å². The van der Waals surface area contributed by atoms with Crippen molar-refractivity contribution in [3.05, 3.63) is 90.0 Å². The summed E-state index contributed by atoms with van der Waals surface area (Å²) in [6, 6.07) is 28.2. The van der Waals surface area contributed by atoms with Crippen LogP contribution in [-0.4, -0.2) is 4.98 Å². The van der Waals surface area contributed by atoms with Gasteiger partial charge in [-0.1, -0.05) is 84.4 Å². The highest BCUT2D eigenvalue weighted by Crippen LogP contribution is 2.40. The molecular weight excluding hydrogens is 326 g/mol. The summed E-state index contributed by atoms with van der Waals surface area (Å²) < 4.78 is 0. The van der Waals surface area contributed by atoms with Gasteiger partial charge in [-0.2, -0.15) is 0 Å². The zero-order valence-corrected chi connectivity index (χ0v) is 15.7. The number of fused-ring (bicyclic) bond motifs is 1. The molecule has 1 heteroatoms. The summed E-state index contributed by atoms with van der Waals surface area (Å²) in [5, 5.41) is 2.62. The van der Waals surface area contributed by atoms with Gasteiger partial charge in [-0.3, -0.25) is 0 Å². The molecule has 0 N–H and O–H groups in total. The topological polar surface area (TPSA) is 12.9 Å². The highest BCUT2D eigenvalue weighted by atomic mass is 14.7. The van der Waals surface area contributed by atoms with Gasteiger partial charge in [0.15, 0.2) is 0 Å². The zero-order chi connectivity index (χ0) is 18.2. The molecule has 1 aliphatic rings. The summed E-state index contributed by atoms with van der Waals surface area (Å²) in [5.41, 5.74) is 7.33. The molecule has 0 spiro atoms. The standard InChI is InChI=1S/C26H23N/c1-18-11-15-21(16-12-18)25-23-10-6-5-9-22(23)24(17-19-13-14-19)26(27-25)20-7-3-2-4-8-20/h2-12,15-16,19H,13-14,17H2,1H3. The van der Waals surface area contributed by atoms with E-state index in [1.165, 1.54) is 45.9 Å². The molecular formula is C26H23N. The van der Waals surface area contributed by atoms with Gasteiger partial charge in [0.2, 0.25) is 0 Å². The van der Waals surface area contributed by atoms with Crippen LogP contribution in [0.15, 0.2) is 78.9 Å². The SMILES string of the molecule is Cc1ccc(-c2nc(-c3ccccc3)c(CC3CC3)c3ccccc23)cc1. The summed E-state index contributed by atoms with van der Waals surface area (Å²) >= 11 is 0. The van der Waals surface area contributed by atoms with Crippen molar-refractivity contribution in [3.8, 4) is 22.5 Å². The van der Waals surface area contributed by atoms with Crippen LogP contribution in [-0.2, 0) is 6.42 Å². The molecule has 0 amide bonds. The van der Waals surface area contributed by atoms with Gasteiger partial charge in [0, 0.05) is 16.5 Å². The Morgan fingerprint density at radius 1 is 0.704 bits per heavy atom. The van der Waals surface area contributed by atoms with Crippen molar-refractivity contribution in [2.45, 2.75) is 26.2 Å². The number of benzene rings is 3. The third-order valence-electron chi connectivity index (χ3n) is 5.58. The lowest BCUT2D eigenvalue weighted by molar-refractivity contribution is 0.836. The second kappa shape index (κ2) is 6.66. The van der Waals surface area contributed by atoms with Crippen molar-refractivity contribution in [2.75, 3.05) is 0 Å². The Bertz CT molecular complexity index is 1090. The van der Waals surface area contributed by atoms with Crippen LogP contribution in [0.3, 0.4) is 0 Å². The van der Waals surface area contributed by atoms with Gasteiger partial charge in [0.05, 0.1) is 11.4 Å². The van der Waals surface area contributed by atoms with Gasteiger partial charge in [0.25, 0.3) is 0 Å². The molecule has 1 nitrogen and oxygen atoms in total. The fraction of sp³-hybridized carbons (Fsp3) is 0.192. The van der Waals surface area contributed by atoms with Crippen molar-refractivity contribution in [3.63, 3.8) is 0 Å². The first-order valence-corrected chi connectivity index (χ1v) is 9.83. The van der Waals surface area contributed by atoms with E-state index in [1.807, 2.05) is 0 Å². The van der Waals surface area contributed by atoms with Crippen LogP contribution < -0.4 is 0 Å². The molecule has 0 saturated heterocycles. The quantitative estimate of drug-likeness (QED) is 0.393. The number of pyridine rings is 1. The molecule has 0 aliphatic heterocycles. The first kappa shape index (κ1) is 16.3. The molecule has 0 bridgehead atoms. The van der Waals surface area contributed by atoms with Gasteiger partial charge < -0.3 is 0 Å². The second-order valence-corrected chi connectivity index (χ2v) is 7.71. The van der Waals surface area contributed by atoms with E-state index in [1.54, 1.807) is 0 Å². The van der Waals surface area contributed by atoms with E-state index in [9.17, 15) is 0 Å². The Balaban J connectivity index is 1.81. The third kappa shape index (κ3) is 3.14. The highest BCUT2D eigenvalue weighted by molar-refractivity contribution is 5.99. The van der Waals surface area contributed by atoms with Crippen LogP contribution in [0.2, 0.25) is 0 Å². The number of hydrogen-bond acceptors (Lipinski definition) is 1. The van der Waals surface area contributed by atoms with E-state index >= 15 is 0 Å². The summed E-state index contributed by atoms with van der Waals surface area (Å²) in [4.78, 5) is 5.25. The minimum absolute atomic E-state index is 0.822. The summed E-state index contributed by atoms with van der Waals surface area (Å²) in [6.07, 6.45) is 3.83. The van der Waals surface area contributed by atoms with Crippen LogP contribution in [0.25, 0.3) is 33.3 Å². The average Bonchev–Trinajstić information content (AvgIpc) is 3.54. The Hall–Kier alpha value is -2.93. The Morgan fingerprint density at radius 2 is 1.33 bits per heavy atom. The molecule has 1 saturated carbocycles. The lowest BCUT2D eigenvalue weighted by atomic mass is 9.92. The Labute approximate surface area is 160 Å². The molecule has 5 rings (SSSR count). The number of hydrogen-bond donors (Lipinski definition) is 0. The first-order chi connectivity index (χ1) is 13.3. The van der Waals surface area contributed by atoms with E-state index in [2.05, 4.69) is 85.8 Å². The third-order valence-corrected chi connectivity index (χ3v) is 5.58. The van der Waals surface area contributed by atoms with Crippen molar-refractivity contribution in [1.29, 1.82) is 0 Å². The Morgan fingerprint density at radius 3 is 2.04 bits per heavy atom. The average molecular weight is 349 g/mol. The normalized spacial score (nSPS) is 13.8. The smallest absolute Gasteiger partial charge is 0.0788 e. The van der Waals surface area contributed by atoms with E-state index in [4.69, 9.17) is 4.98 Å². The summed E-state index contributed by atoms with van der Waals surface area (Å²) in [6.45, 7) is 2.13. The van der Waals surface area contributed by atoms with E-state index in [-0.39, 0.29) is 0 Å². The van der Waals surface area contributed by atoms with E-state index in [0.717, 1.165) is 23.7 Å². The van der Waals surface area contributed by atoms with Crippen LogP contribution >= 0.6 is 0 Å². The molecule has 0 radical (unpaired) electrons. The molecule has 4 aromatic rings. The Kier molecular flexibility index (Phi) is 4.01. The largest absolute Gasteiger partial charge is 0.247 e. The monoisotopic (exact) mass is 349 g/mol. The van der Waals surface area contributed by atoms with Crippen LogP contribution in [0.4, 0.5) is 0 Å². The maximum atomic E-state index is 5.25. The zero-order valence-electron chi connectivity index (χ0n) is 15.7. The lowest BCUT2D eigenvalue weighted by Gasteiger charge is -2.16. The molecule has 1 aromatic heterocycles. The van der Waals surface area contributed by atoms with Crippen LogP contribution in [0, 0.1) is 12.8 Å². The van der Waals surface area contributed by atoms with Gasteiger partial charge in [-0.15, -0.1) is 0 Å². The fourth-order valence-electron chi connectivity index (χ4n) is 3.90. The number of aryl methyl sites for hydroxylation is 1. The fourth-order valence-corrected chi connectivity index (χ4v) is 3.90. The maximum absolute atomic E-state index is 5.25. The molecule has 132 valence electrons. The number of nitrogens with zero attached hydrogens (tertiary/aromatic N) is 1. The first-order valence-electron chi connectivity index (χ1n) is 9.83. The summed E-state index contributed by atoms with van der Waals surface area (Å²) in [5.74, 6) is 0.822. The molecule has 1 heterocycles. The highest BCUT2D eigenvalue weighted by Gasteiger charge is 2.25. The van der Waals surface area contributed by atoms with E-state index < -0.39 is 0 Å². The molecule has 0 atom stereocenters. The summed E-state index contributed by atoms with van der Waals surface area (Å²) in [7, 11) is 0. The lowest BCUT2D eigenvalue weighted by Crippen LogP contribution is -2.00. The predicted octanol–water partition coefficient (Wildman–Crippen LogP) is 6.83. The van der Waals surface area contributed by atoms with Crippen LogP contribution in [0.1, 0.15) is 24.0 Å². The molecule has 0 unspecified atom stereocenters. The van der Waals surface area contributed by atoms with Gasteiger partial charge in [0.1, 0.15) is 0 Å². The predicted molar refractivity (Wildman–Crippen MR) is 114 cm³/mol.